The number of aromatic nitrogens is 2. The first-order valence-corrected chi connectivity index (χ1v) is 6.98. The van der Waals surface area contributed by atoms with Gasteiger partial charge in [-0.25, -0.2) is 4.39 Å². The lowest BCUT2D eigenvalue weighted by Crippen LogP contribution is -2.08. The first kappa shape index (κ1) is 13.9. The molecule has 2 aromatic rings. The minimum atomic E-state index is -0.223. The molecular weight excluding hydrogens is 265 g/mol. The smallest absolute Gasteiger partial charge is 0.205 e. The Morgan fingerprint density at radius 3 is 2.79 bits per heavy atom. The van der Waals surface area contributed by atoms with Crippen LogP contribution in [0.4, 0.5) is 9.52 Å². The highest BCUT2D eigenvalue weighted by Crippen LogP contribution is 2.18. The van der Waals surface area contributed by atoms with Crippen LogP contribution in [0.3, 0.4) is 0 Å². The molecule has 0 bridgehead atoms. The van der Waals surface area contributed by atoms with Crippen LogP contribution in [-0.2, 0) is 11.2 Å². The van der Waals surface area contributed by atoms with Crippen molar-refractivity contribution in [1.82, 2.24) is 10.2 Å². The number of benzene rings is 1. The molecule has 0 aliphatic carbocycles. The zero-order chi connectivity index (χ0) is 13.5. The summed E-state index contributed by atoms with van der Waals surface area (Å²) in [5.41, 5.74) is 1.03. The van der Waals surface area contributed by atoms with Crippen molar-refractivity contribution in [3.63, 3.8) is 0 Å². The standard InChI is InChI=1S/C13H16FN3OS/c1-2-18-8-7-15-13-17-16-12(19-13)9-10-3-5-11(14)6-4-10/h3-6H,2,7-9H2,1H3,(H,15,17). The number of nitrogens with zero attached hydrogens (tertiary/aromatic N) is 2. The molecule has 0 radical (unpaired) electrons. The van der Waals surface area contributed by atoms with Gasteiger partial charge in [0.05, 0.1) is 6.61 Å². The van der Waals surface area contributed by atoms with E-state index in [2.05, 4.69) is 15.5 Å². The van der Waals surface area contributed by atoms with Crippen LogP contribution >= 0.6 is 11.3 Å². The molecule has 0 fully saturated rings. The zero-order valence-electron chi connectivity index (χ0n) is 10.7. The van der Waals surface area contributed by atoms with Crippen LogP contribution in [0.25, 0.3) is 0 Å². The summed E-state index contributed by atoms with van der Waals surface area (Å²) in [6.45, 7) is 4.06. The molecule has 0 aliphatic heterocycles. The van der Waals surface area contributed by atoms with E-state index in [4.69, 9.17) is 4.74 Å². The Morgan fingerprint density at radius 2 is 2.05 bits per heavy atom. The van der Waals surface area contributed by atoms with Crippen LogP contribution in [0.15, 0.2) is 24.3 Å². The van der Waals surface area contributed by atoms with Crippen LogP contribution in [0.2, 0.25) is 0 Å². The van der Waals surface area contributed by atoms with Crippen molar-refractivity contribution in [2.45, 2.75) is 13.3 Å². The summed E-state index contributed by atoms with van der Waals surface area (Å²) in [7, 11) is 0. The van der Waals surface area contributed by atoms with E-state index in [1.807, 2.05) is 6.92 Å². The molecule has 0 unspecified atom stereocenters. The van der Waals surface area contributed by atoms with Crippen LogP contribution in [0, 0.1) is 5.82 Å². The Hall–Kier alpha value is -1.53. The normalized spacial score (nSPS) is 10.6. The Kier molecular flexibility index (Phi) is 5.23. The average Bonchev–Trinajstić information content (AvgIpc) is 2.85. The lowest BCUT2D eigenvalue weighted by Gasteiger charge is -2.01. The molecule has 0 amide bonds. The number of anilines is 1. The van der Waals surface area contributed by atoms with Gasteiger partial charge in [0.1, 0.15) is 10.8 Å². The predicted molar refractivity (Wildman–Crippen MR) is 74.1 cm³/mol. The van der Waals surface area contributed by atoms with E-state index in [9.17, 15) is 4.39 Å². The Morgan fingerprint density at radius 1 is 1.26 bits per heavy atom. The predicted octanol–water partition coefficient (Wildman–Crippen LogP) is 2.72. The lowest BCUT2D eigenvalue weighted by molar-refractivity contribution is 0.158. The fraction of sp³-hybridized carbons (Fsp3) is 0.385. The van der Waals surface area contributed by atoms with Gasteiger partial charge in [0.2, 0.25) is 5.13 Å². The molecule has 1 aromatic heterocycles. The summed E-state index contributed by atoms with van der Waals surface area (Å²) in [5.74, 6) is -0.223. The Bertz CT molecular complexity index is 501. The van der Waals surface area contributed by atoms with Gasteiger partial charge in [-0.2, -0.15) is 0 Å². The Labute approximate surface area is 115 Å². The molecule has 0 saturated heterocycles. The van der Waals surface area contributed by atoms with Gasteiger partial charge in [0.15, 0.2) is 0 Å². The van der Waals surface area contributed by atoms with Crippen molar-refractivity contribution in [2.24, 2.45) is 0 Å². The third-order valence-corrected chi connectivity index (χ3v) is 3.34. The first-order chi connectivity index (χ1) is 9.28. The van der Waals surface area contributed by atoms with Gasteiger partial charge in [-0.05, 0) is 24.6 Å². The van der Waals surface area contributed by atoms with Crippen molar-refractivity contribution >= 4 is 16.5 Å². The summed E-state index contributed by atoms with van der Waals surface area (Å²) in [4.78, 5) is 0. The molecule has 6 heteroatoms. The number of halogens is 1. The van der Waals surface area contributed by atoms with Crippen molar-refractivity contribution in [2.75, 3.05) is 25.1 Å². The minimum Gasteiger partial charge on any atom is -0.380 e. The third kappa shape index (κ3) is 4.57. The van der Waals surface area contributed by atoms with Gasteiger partial charge in [-0.15, -0.1) is 10.2 Å². The molecule has 4 nitrogen and oxygen atoms in total. The van der Waals surface area contributed by atoms with Gasteiger partial charge in [0, 0.05) is 19.6 Å². The quantitative estimate of drug-likeness (QED) is 0.793. The van der Waals surface area contributed by atoms with Crippen LogP contribution in [-0.4, -0.2) is 30.0 Å². The SMILES string of the molecule is CCOCCNc1nnc(Cc2ccc(F)cc2)s1. The van der Waals surface area contributed by atoms with E-state index < -0.39 is 0 Å². The van der Waals surface area contributed by atoms with Gasteiger partial charge in [0.25, 0.3) is 0 Å². The molecule has 0 atom stereocenters. The minimum absolute atomic E-state index is 0.223. The second-order valence-electron chi connectivity index (χ2n) is 3.93. The summed E-state index contributed by atoms with van der Waals surface area (Å²) < 4.78 is 18.0. The molecule has 1 heterocycles. The fourth-order valence-electron chi connectivity index (χ4n) is 1.55. The highest BCUT2D eigenvalue weighted by Gasteiger charge is 2.05. The second kappa shape index (κ2) is 7.16. The van der Waals surface area contributed by atoms with Gasteiger partial charge >= 0.3 is 0 Å². The second-order valence-corrected chi connectivity index (χ2v) is 4.99. The number of hydrogen-bond acceptors (Lipinski definition) is 5. The first-order valence-electron chi connectivity index (χ1n) is 6.16. The molecular formula is C13H16FN3OS. The monoisotopic (exact) mass is 281 g/mol. The highest BCUT2D eigenvalue weighted by atomic mass is 32.1. The van der Waals surface area contributed by atoms with Gasteiger partial charge in [-0.3, -0.25) is 0 Å². The molecule has 1 aromatic carbocycles. The van der Waals surface area contributed by atoms with Crippen molar-refractivity contribution in [1.29, 1.82) is 0 Å². The number of nitrogens with one attached hydrogen (secondary N) is 1. The molecule has 0 aliphatic rings. The van der Waals surface area contributed by atoms with Crippen LogP contribution in [0.1, 0.15) is 17.5 Å². The van der Waals surface area contributed by atoms with E-state index in [1.54, 1.807) is 12.1 Å². The lowest BCUT2D eigenvalue weighted by atomic mass is 10.2. The highest BCUT2D eigenvalue weighted by molar-refractivity contribution is 7.15. The maximum atomic E-state index is 12.8. The van der Waals surface area contributed by atoms with Gasteiger partial charge in [-0.1, -0.05) is 23.5 Å². The summed E-state index contributed by atoms with van der Waals surface area (Å²) in [6.07, 6.45) is 0.672. The maximum Gasteiger partial charge on any atom is 0.205 e. The van der Waals surface area contributed by atoms with Crippen molar-refractivity contribution in [3.8, 4) is 0 Å². The Balaban J connectivity index is 1.85. The molecule has 0 saturated carbocycles. The van der Waals surface area contributed by atoms with Gasteiger partial charge < -0.3 is 10.1 Å². The molecule has 19 heavy (non-hydrogen) atoms. The summed E-state index contributed by atoms with van der Waals surface area (Å²) in [5, 5.41) is 13.0. The number of rotatable bonds is 7. The van der Waals surface area contributed by atoms with E-state index >= 15 is 0 Å². The topological polar surface area (TPSA) is 47.0 Å². The number of ether oxygens (including phenoxy) is 1. The molecule has 1 N–H and O–H groups in total. The zero-order valence-corrected chi connectivity index (χ0v) is 11.5. The largest absolute Gasteiger partial charge is 0.380 e. The maximum absolute atomic E-state index is 12.8. The van der Waals surface area contributed by atoms with Crippen molar-refractivity contribution < 1.29 is 9.13 Å². The van der Waals surface area contributed by atoms with E-state index in [-0.39, 0.29) is 5.82 Å². The molecule has 2 rings (SSSR count). The summed E-state index contributed by atoms with van der Waals surface area (Å²) in [6, 6.07) is 6.44. The van der Waals surface area contributed by atoms with E-state index in [0.29, 0.717) is 19.6 Å². The van der Waals surface area contributed by atoms with Crippen molar-refractivity contribution in [3.05, 3.63) is 40.7 Å². The molecule has 0 spiro atoms. The van der Waals surface area contributed by atoms with E-state index in [0.717, 1.165) is 22.2 Å². The fourth-order valence-corrected chi connectivity index (χ4v) is 2.35. The summed E-state index contributed by atoms with van der Waals surface area (Å²) >= 11 is 1.51. The molecule has 102 valence electrons. The average molecular weight is 281 g/mol. The number of hydrogen-bond donors (Lipinski definition) is 1. The van der Waals surface area contributed by atoms with E-state index in [1.165, 1.54) is 23.5 Å². The third-order valence-electron chi connectivity index (χ3n) is 2.46. The van der Waals surface area contributed by atoms with Crippen LogP contribution < -0.4 is 5.32 Å². The van der Waals surface area contributed by atoms with Crippen LogP contribution in [0.5, 0.6) is 0 Å².